The van der Waals surface area contributed by atoms with Gasteiger partial charge in [-0.15, -0.1) is 0 Å². The highest BCUT2D eigenvalue weighted by Gasteiger charge is 2.56. The third-order valence-corrected chi connectivity index (χ3v) is 7.44. The molecule has 0 aliphatic heterocycles. The summed E-state index contributed by atoms with van der Waals surface area (Å²) in [7, 11) is 0. The number of ether oxygens (including phenoxy) is 3. The number of benzene rings is 3. The second-order valence-corrected chi connectivity index (χ2v) is 10.4. The first-order chi connectivity index (χ1) is 20.5. The Morgan fingerprint density at radius 3 is 2.14 bits per heavy atom. The first-order valence-corrected chi connectivity index (χ1v) is 13.6. The second kappa shape index (κ2) is 11.7. The van der Waals surface area contributed by atoms with Crippen molar-refractivity contribution in [1.82, 2.24) is 19.5 Å². The van der Waals surface area contributed by atoms with Crippen molar-refractivity contribution >= 4 is 29.1 Å². The van der Waals surface area contributed by atoms with Crippen molar-refractivity contribution in [3.05, 3.63) is 114 Å². The highest BCUT2D eigenvalue weighted by molar-refractivity contribution is 5.89. The van der Waals surface area contributed by atoms with Crippen LogP contribution in [0.1, 0.15) is 32.7 Å². The Kier molecular flexibility index (Phi) is 7.50. The van der Waals surface area contributed by atoms with Crippen molar-refractivity contribution in [3.63, 3.8) is 0 Å². The predicted molar refractivity (Wildman–Crippen MR) is 154 cm³/mol. The summed E-state index contributed by atoms with van der Waals surface area (Å²) in [6.45, 7) is 1.03. The molecule has 1 aliphatic rings. The number of esters is 2. The SMILES string of the molecule is Nc1nc(OCc2ccccc2)c2ncn(C[C@@]3(COC(=O)c4ccccc4)C[C@@H]3COC(=O)c3ccccc3)c2n1. The molecule has 2 heterocycles. The van der Waals surface area contributed by atoms with Crippen LogP contribution in [-0.2, 0) is 22.6 Å². The number of nitrogens with zero attached hydrogens (tertiary/aromatic N) is 4. The summed E-state index contributed by atoms with van der Waals surface area (Å²) >= 11 is 0. The second-order valence-electron chi connectivity index (χ2n) is 10.4. The Morgan fingerprint density at radius 2 is 1.48 bits per heavy atom. The molecule has 0 amide bonds. The van der Waals surface area contributed by atoms with E-state index < -0.39 is 17.4 Å². The number of carbonyl (C=O) groups excluding carboxylic acids is 2. The van der Waals surface area contributed by atoms with Gasteiger partial charge in [0.05, 0.1) is 30.7 Å². The summed E-state index contributed by atoms with van der Waals surface area (Å²) in [5.74, 6) is -0.513. The number of anilines is 1. The van der Waals surface area contributed by atoms with Crippen LogP contribution in [0, 0.1) is 11.3 Å². The first-order valence-electron chi connectivity index (χ1n) is 13.6. The van der Waals surface area contributed by atoms with Crippen LogP contribution < -0.4 is 10.5 Å². The molecule has 2 aromatic heterocycles. The smallest absolute Gasteiger partial charge is 0.338 e. The maximum atomic E-state index is 12.8. The maximum Gasteiger partial charge on any atom is 0.338 e. The average molecular weight is 564 g/mol. The molecular formula is C32H29N5O5. The molecule has 10 heteroatoms. The molecule has 3 aromatic carbocycles. The number of hydrogen-bond acceptors (Lipinski definition) is 9. The number of nitrogens with two attached hydrogens (primary N) is 1. The average Bonchev–Trinajstić information content (AvgIpc) is 3.58. The molecule has 2 N–H and O–H groups in total. The topological polar surface area (TPSA) is 131 Å². The van der Waals surface area contributed by atoms with Crippen molar-refractivity contribution in [2.45, 2.75) is 19.6 Å². The third kappa shape index (κ3) is 5.92. The van der Waals surface area contributed by atoms with E-state index in [1.807, 2.05) is 47.0 Å². The molecule has 1 fully saturated rings. The van der Waals surface area contributed by atoms with Gasteiger partial charge in [0.1, 0.15) is 6.61 Å². The van der Waals surface area contributed by atoms with Crippen LogP contribution in [0.2, 0.25) is 0 Å². The molecular weight excluding hydrogens is 534 g/mol. The highest BCUT2D eigenvalue weighted by Crippen LogP contribution is 2.54. The first kappa shape index (κ1) is 26.9. The molecule has 1 saturated carbocycles. The van der Waals surface area contributed by atoms with Gasteiger partial charge in [-0.1, -0.05) is 66.7 Å². The van der Waals surface area contributed by atoms with Gasteiger partial charge in [0, 0.05) is 17.9 Å². The minimum absolute atomic E-state index is 0.0424. The van der Waals surface area contributed by atoms with E-state index in [0.29, 0.717) is 41.9 Å². The van der Waals surface area contributed by atoms with Gasteiger partial charge >= 0.3 is 11.9 Å². The van der Waals surface area contributed by atoms with Gasteiger partial charge in [-0.05, 0) is 36.2 Å². The van der Waals surface area contributed by atoms with E-state index in [9.17, 15) is 9.59 Å². The van der Waals surface area contributed by atoms with Gasteiger partial charge in [0.2, 0.25) is 11.8 Å². The summed E-state index contributed by atoms with van der Waals surface area (Å²) in [5.41, 5.74) is 8.47. The fourth-order valence-corrected chi connectivity index (χ4v) is 5.00. The van der Waals surface area contributed by atoms with Gasteiger partial charge in [-0.3, -0.25) is 0 Å². The molecule has 2 atom stereocenters. The molecule has 0 bridgehead atoms. The quantitative estimate of drug-likeness (QED) is 0.227. The third-order valence-electron chi connectivity index (χ3n) is 7.44. The van der Waals surface area contributed by atoms with E-state index in [2.05, 4.69) is 15.0 Å². The van der Waals surface area contributed by atoms with Crippen molar-refractivity contribution < 1.29 is 23.8 Å². The Morgan fingerprint density at radius 1 is 0.857 bits per heavy atom. The van der Waals surface area contributed by atoms with E-state index in [-0.39, 0.29) is 31.0 Å². The van der Waals surface area contributed by atoms with E-state index >= 15 is 0 Å². The number of carbonyl (C=O) groups is 2. The van der Waals surface area contributed by atoms with Gasteiger partial charge in [-0.25, -0.2) is 14.6 Å². The lowest BCUT2D eigenvalue weighted by Gasteiger charge is -2.19. The molecule has 6 rings (SSSR count). The lowest BCUT2D eigenvalue weighted by molar-refractivity contribution is 0.0317. The van der Waals surface area contributed by atoms with Crippen LogP contribution in [-0.4, -0.2) is 44.7 Å². The van der Waals surface area contributed by atoms with Gasteiger partial charge in [0.15, 0.2) is 11.2 Å². The zero-order valence-electron chi connectivity index (χ0n) is 22.8. The fraction of sp³-hybridized carbons (Fsp3) is 0.219. The predicted octanol–water partition coefficient (Wildman–Crippen LogP) is 4.71. The lowest BCUT2D eigenvalue weighted by Crippen LogP contribution is -2.24. The van der Waals surface area contributed by atoms with Crippen molar-refractivity contribution in [1.29, 1.82) is 0 Å². The van der Waals surface area contributed by atoms with Crippen LogP contribution in [0.3, 0.4) is 0 Å². The van der Waals surface area contributed by atoms with Crippen LogP contribution in [0.4, 0.5) is 5.95 Å². The van der Waals surface area contributed by atoms with Crippen LogP contribution in [0.15, 0.2) is 97.3 Å². The summed E-state index contributed by atoms with van der Waals surface area (Å²) in [5, 5.41) is 0. The van der Waals surface area contributed by atoms with Crippen molar-refractivity contribution in [2.75, 3.05) is 18.9 Å². The van der Waals surface area contributed by atoms with Crippen LogP contribution in [0.25, 0.3) is 11.2 Å². The van der Waals surface area contributed by atoms with E-state index in [1.54, 1.807) is 54.9 Å². The largest absolute Gasteiger partial charge is 0.471 e. The summed E-state index contributed by atoms with van der Waals surface area (Å²) in [6.07, 6.45) is 2.33. The fourth-order valence-electron chi connectivity index (χ4n) is 5.00. The van der Waals surface area contributed by atoms with Crippen molar-refractivity contribution in [3.8, 4) is 5.88 Å². The number of aromatic nitrogens is 4. The van der Waals surface area contributed by atoms with Crippen LogP contribution in [0.5, 0.6) is 5.88 Å². The van der Waals surface area contributed by atoms with Gasteiger partial charge < -0.3 is 24.5 Å². The standard InChI is InChI=1S/C32H29N5O5/c33-31-35-27-26(28(36-31)40-17-22-10-4-1-5-11-22)34-21-37(27)19-32(20-42-30(39)24-14-8-3-9-15-24)16-25(32)18-41-29(38)23-12-6-2-7-13-23/h1-15,21,25H,16-20H2,(H2,33,35,36)/t25-,32-/m1/s1. The van der Waals surface area contributed by atoms with E-state index in [1.165, 1.54) is 0 Å². The zero-order chi connectivity index (χ0) is 28.9. The number of rotatable bonds is 11. The van der Waals surface area contributed by atoms with E-state index in [4.69, 9.17) is 19.9 Å². The molecule has 0 unspecified atom stereocenters. The number of imidazole rings is 1. The van der Waals surface area contributed by atoms with E-state index in [0.717, 1.165) is 5.56 Å². The minimum Gasteiger partial charge on any atom is -0.471 e. The van der Waals surface area contributed by atoms with Crippen LogP contribution >= 0.6 is 0 Å². The summed E-state index contributed by atoms with van der Waals surface area (Å²) in [6, 6.07) is 27.4. The van der Waals surface area contributed by atoms with Gasteiger partial charge in [0.25, 0.3) is 0 Å². The maximum absolute atomic E-state index is 12.8. The molecule has 42 heavy (non-hydrogen) atoms. The Hall–Kier alpha value is -5.25. The Balaban J connectivity index is 1.21. The monoisotopic (exact) mass is 563 g/mol. The minimum atomic E-state index is -0.500. The molecule has 212 valence electrons. The summed E-state index contributed by atoms with van der Waals surface area (Å²) < 4.78 is 19.3. The molecule has 10 nitrogen and oxygen atoms in total. The Labute approximate surface area is 242 Å². The van der Waals surface area contributed by atoms with Gasteiger partial charge in [-0.2, -0.15) is 9.97 Å². The Bertz CT molecular complexity index is 1690. The molecule has 0 saturated heterocycles. The number of fused-ring (bicyclic) bond motifs is 1. The molecule has 5 aromatic rings. The molecule has 1 aliphatic carbocycles. The molecule has 0 radical (unpaired) electrons. The zero-order valence-corrected chi connectivity index (χ0v) is 22.8. The lowest BCUT2D eigenvalue weighted by atomic mass is 10.1. The molecule has 0 spiro atoms. The summed E-state index contributed by atoms with van der Waals surface area (Å²) in [4.78, 5) is 38.6. The number of nitrogen functional groups attached to an aromatic ring is 1. The number of hydrogen-bond donors (Lipinski definition) is 1. The van der Waals surface area contributed by atoms with Crippen molar-refractivity contribution in [2.24, 2.45) is 11.3 Å². The highest BCUT2D eigenvalue weighted by atomic mass is 16.5. The normalized spacial score (nSPS) is 17.5.